The van der Waals surface area contributed by atoms with Crippen molar-refractivity contribution in [3.8, 4) is 0 Å². The molecule has 0 heterocycles. The zero-order valence-corrected chi connectivity index (χ0v) is 12.2. The number of nitrogens with one attached hydrogen (secondary N) is 1. The summed E-state index contributed by atoms with van der Waals surface area (Å²) in [6.07, 6.45) is -4.36. The van der Waals surface area contributed by atoms with Gasteiger partial charge in [0.15, 0.2) is 0 Å². The average Bonchev–Trinajstić information content (AvgIpc) is 2.26. The first-order valence-electron chi connectivity index (χ1n) is 5.87. The van der Waals surface area contributed by atoms with Crippen molar-refractivity contribution >= 4 is 11.4 Å². The molecule has 1 aromatic carbocycles. The molecule has 0 radical (unpaired) electrons. The van der Waals surface area contributed by atoms with Crippen molar-refractivity contribution in [2.24, 2.45) is 0 Å². The summed E-state index contributed by atoms with van der Waals surface area (Å²) < 4.78 is 52.1. The Bertz CT molecular complexity index is 429. The van der Waals surface area contributed by atoms with Gasteiger partial charge in [-0.05, 0) is 45.4 Å². The van der Waals surface area contributed by atoms with Crippen LogP contribution in [-0.4, -0.2) is 9.30 Å². The summed E-state index contributed by atoms with van der Waals surface area (Å²) in [4.78, 5) is 0. The first-order valence-corrected chi connectivity index (χ1v) is 7.02. The third-order valence-corrected chi connectivity index (χ3v) is 4.23. The van der Waals surface area contributed by atoms with Gasteiger partial charge in [-0.2, -0.15) is 13.2 Å². The fourth-order valence-electron chi connectivity index (χ4n) is 1.39. The molecule has 0 aromatic heterocycles. The predicted octanol–water partition coefficient (Wildman–Crippen LogP) is 3.82. The molecular formula is C13H18F3NOS. The Kier molecular flexibility index (Phi) is 4.92. The second kappa shape index (κ2) is 5.73. The van der Waals surface area contributed by atoms with Crippen LogP contribution >= 0.6 is 0 Å². The average molecular weight is 293 g/mol. The highest BCUT2D eigenvalue weighted by Gasteiger charge is 2.32. The van der Waals surface area contributed by atoms with Gasteiger partial charge in [0, 0.05) is 11.4 Å². The van der Waals surface area contributed by atoms with Crippen LogP contribution in [0.3, 0.4) is 0 Å². The van der Waals surface area contributed by atoms with E-state index < -0.39 is 33.9 Å². The zero-order chi connectivity index (χ0) is 14.8. The maximum absolute atomic E-state index is 12.6. The molecular weight excluding hydrogens is 275 g/mol. The normalized spacial score (nSPS) is 16.2. The van der Waals surface area contributed by atoms with Gasteiger partial charge in [0.05, 0.1) is 11.6 Å². The van der Waals surface area contributed by atoms with Crippen LogP contribution in [-0.2, 0) is 17.5 Å². The summed E-state index contributed by atoms with van der Waals surface area (Å²) in [7, 11) is 0. The Hall–Kier alpha value is -0.720. The van der Waals surface area contributed by atoms with Crippen molar-refractivity contribution in [1.29, 1.82) is 0 Å². The molecule has 0 amide bonds. The van der Waals surface area contributed by atoms with Crippen molar-refractivity contribution < 1.29 is 17.7 Å². The van der Waals surface area contributed by atoms with E-state index in [1.807, 2.05) is 0 Å². The standard InChI is InChI=1S/C13H18F3NOS/c1-9(17-19(18)12(2,3)4)10-6-5-7-11(8-10)13(14,15)16/h5-9,17H,1-4H3/t9-,19+/m0/s1. The van der Waals surface area contributed by atoms with Crippen LogP contribution in [0.4, 0.5) is 13.2 Å². The summed E-state index contributed by atoms with van der Waals surface area (Å²) in [6.45, 7) is 7.10. The molecule has 2 nitrogen and oxygen atoms in total. The van der Waals surface area contributed by atoms with Gasteiger partial charge >= 0.3 is 6.18 Å². The van der Waals surface area contributed by atoms with Crippen molar-refractivity contribution in [1.82, 2.24) is 4.72 Å². The maximum Gasteiger partial charge on any atom is 0.416 e. The molecule has 2 atom stereocenters. The molecule has 1 rings (SSSR count). The summed E-state index contributed by atoms with van der Waals surface area (Å²) in [5.41, 5.74) is -0.229. The van der Waals surface area contributed by atoms with Crippen LogP contribution < -0.4 is 4.72 Å². The molecule has 19 heavy (non-hydrogen) atoms. The fourth-order valence-corrected chi connectivity index (χ4v) is 2.20. The van der Waals surface area contributed by atoms with E-state index >= 15 is 0 Å². The second-order valence-corrected chi connectivity index (χ2v) is 7.34. The molecule has 0 bridgehead atoms. The third-order valence-electron chi connectivity index (χ3n) is 2.55. The number of benzene rings is 1. The first kappa shape index (κ1) is 16.3. The minimum absolute atomic E-state index is 0.414. The van der Waals surface area contributed by atoms with E-state index in [0.717, 1.165) is 12.1 Å². The van der Waals surface area contributed by atoms with E-state index in [4.69, 9.17) is 0 Å². The number of alkyl halides is 3. The third kappa shape index (κ3) is 4.71. The van der Waals surface area contributed by atoms with E-state index in [9.17, 15) is 17.7 Å². The van der Waals surface area contributed by atoms with Crippen LogP contribution in [0.5, 0.6) is 0 Å². The quantitative estimate of drug-likeness (QED) is 0.860. The molecule has 6 heteroatoms. The number of halogens is 3. The van der Waals surface area contributed by atoms with Crippen LogP contribution in [0.15, 0.2) is 24.3 Å². The van der Waals surface area contributed by atoms with Gasteiger partial charge < -0.3 is 4.55 Å². The molecule has 0 unspecified atom stereocenters. The summed E-state index contributed by atoms with van der Waals surface area (Å²) in [5.74, 6) is 0. The Morgan fingerprint density at radius 2 is 1.79 bits per heavy atom. The molecule has 0 saturated heterocycles. The lowest BCUT2D eigenvalue weighted by molar-refractivity contribution is -0.137. The van der Waals surface area contributed by atoms with E-state index in [1.54, 1.807) is 33.8 Å². The number of hydrogen-bond donors (Lipinski definition) is 1. The van der Waals surface area contributed by atoms with Gasteiger partial charge in [0.1, 0.15) is 4.75 Å². The molecule has 0 aliphatic carbocycles. The minimum atomic E-state index is -4.36. The van der Waals surface area contributed by atoms with E-state index in [1.165, 1.54) is 6.07 Å². The predicted molar refractivity (Wildman–Crippen MR) is 70.9 cm³/mol. The molecule has 0 fully saturated rings. The van der Waals surface area contributed by atoms with Crippen molar-refractivity contribution in [2.45, 2.75) is 44.7 Å². The SMILES string of the molecule is C[C@H](N[S@+]([O-])C(C)(C)C)c1cccc(C(F)(F)F)c1. The zero-order valence-electron chi connectivity index (χ0n) is 11.3. The topological polar surface area (TPSA) is 35.1 Å². The second-order valence-electron chi connectivity index (χ2n) is 5.34. The van der Waals surface area contributed by atoms with Crippen LogP contribution in [0, 0.1) is 0 Å². The molecule has 0 aliphatic heterocycles. The van der Waals surface area contributed by atoms with Gasteiger partial charge in [-0.25, -0.2) is 0 Å². The maximum atomic E-state index is 12.6. The highest BCUT2D eigenvalue weighted by Crippen LogP contribution is 2.31. The Labute approximate surface area is 114 Å². The van der Waals surface area contributed by atoms with Gasteiger partial charge in [0.2, 0.25) is 0 Å². The van der Waals surface area contributed by atoms with Crippen LogP contribution in [0.25, 0.3) is 0 Å². The molecule has 0 saturated carbocycles. The largest absolute Gasteiger partial charge is 0.598 e. The highest BCUT2D eigenvalue weighted by atomic mass is 32.2. The summed E-state index contributed by atoms with van der Waals surface area (Å²) in [6, 6.07) is 4.64. The summed E-state index contributed by atoms with van der Waals surface area (Å²) in [5, 5.41) is 0. The molecule has 1 aromatic rings. The van der Waals surface area contributed by atoms with E-state index in [2.05, 4.69) is 4.72 Å². The Morgan fingerprint density at radius 1 is 1.21 bits per heavy atom. The fraction of sp³-hybridized carbons (Fsp3) is 0.538. The Balaban J connectivity index is 2.86. The van der Waals surface area contributed by atoms with Crippen molar-refractivity contribution in [3.05, 3.63) is 35.4 Å². The molecule has 0 aliphatic rings. The molecule has 108 valence electrons. The smallest absolute Gasteiger partial charge is 0.416 e. The van der Waals surface area contributed by atoms with Crippen molar-refractivity contribution in [3.63, 3.8) is 0 Å². The number of hydrogen-bond acceptors (Lipinski definition) is 2. The monoisotopic (exact) mass is 293 g/mol. The lowest BCUT2D eigenvalue weighted by Crippen LogP contribution is -2.40. The first-order chi connectivity index (χ1) is 8.51. The summed E-state index contributed by atoms with van der Waals surface area (Å²) >= 11 is -1.33. The van der Waals surface area contributed by atoms with Gasteiger partial charge in [-0.1, -0.05) is 12.1 Å². The minimum Gasteiger partial charge on any atom is -0.598 e. The number of rotatable bonds is 3. The Morgan fingerprint density at radius 3 is 2.26 bits per heavy atom. The van der Waals surface area contributed by atoms with Gasteiger partial charge in [0.25, 0.3) is 0 Å². The lowest BCUT2D eigenvalue weighted by atomic mass is 10.1. The van der Waals surface area contributed by atoms with E-state index in [0.29, 0.717) is 5.56 Å². The molecule has 1 N–H and O–H groups in total. The van der Waals surface area contributed by atoms with Gasteiger partial charge in [-0.15, -0.1) is 4.72 Å². The van der Waals surface area contributed by atoms with Crippen LogP contribution in [0.1, 0.15) is 44.9 Å². The van der Waals surface area contributed by atoms with Gasteiger partial charge in [-0.3, -0.25) is 0 Å². The molecule has 0 spiro atoms. The van der Waals surface area contributed by atoms with E-state index in [-0.39, 0.29) is 0 Å². The van der Waals surface area contributed by atoms with Crippen molar-refractivity contribution in [2.75, 3.05) is 0 Å². The van der Waals surface area contributed by atoms with Crippen LogP contribution in [0.2, 0.25) is 0 Å². The highest BCUT2D eigenvalue weighted by molar-refractivity contribution is 7.90. The lowest BCUT2D eigenvalue weighted by Gasteiger charge is -2.26.